The topological polar surface area (TPSA) is 58.6 Å². The first-order chi connectivity index (χ1) is 8.72. The standard InChI is InChI=1S/C14H15NO3/c1-18-11-7-3-6-9-8-4-2-5-10(8)13(14(16)17)15-12(9)11/h2-4,6-8,10,13,15H,5H2,1H3,(H,16,17)/t8-,10+,13+/m1/s1. The highest BCUT2D eigenvalue weighted by Gasteiger charge is 2.41. The van der Waals surface area contributed by atoms with Crippen LogP contribution in [-0.2, 0) is 4.79 Å². The fourth-order valence-corrected chi connectivity index (χ4v) is 3.01. The third-order valence-electron chi connectivity index (χ3n) is 3.84. The molecule has 2 aliphatic rings. The number of nitrogens with one attached hydrogen (secondary N) is 1. The van der Waals surface area contributed by atoms with Crippen molar-refractivity contribution in [1.29, 1.82) is 0 Å². The van der Waals surface area contributed by atoms with Crippen molar-refractivity contribution in [2.75, 3.05) is 12.4 Å². The van der Waals surface area contributed by atoms with Gasteiger partial charge in [-0.05, 0) is 18.1 Å². The molecule has 0 amide bonds. The number of methoxy groups -OCH3 is 1. The van der Waals surface area contributed by atoms with Crippen molar-refractivity contribution < 1.29 is 14.6 Å². The quantitative estimate of drug-likeness (QED) is 0.784. The zero-order chi connectivity index (χ0) is 12.7. The predicted octanol–water partition coefficient (Wildman–Crippen LogP) is 2.23. The highest BCUT2D eigenvalue weighted by Crippen LogP contribution is 2.47. The Labute approximate surface area is 105 Å². The summed E-state index contributed by atoms with van der Waals surface area (Å²) >= 11 is 0. The molecule has 1 aromatic carbocycles. The summed E-state index contributed by atoms with van der Waals surface area (Å²) < 4.78 is 5.31. The van der Waals surface area contributed by atoms with E-state index in [2.05, 4.69) is 17.5 Å². The first-order valence-electron chi connectivity index (χ1n) is 6.05. The van der Waals surface area contributed by atoms with Crippen molar-refractivity contribution in [2.24, 2.45) is 5.92 Å². The Morgan fingerprint density at radius 3 is 3.06 bits per heavy atom. The smallest absolute Gasteiger partial charge is 0.326 e. The van der Waals surface area contributed by atoms with E-state index in [1.54, 1.807) is 7.11 Å². The second-order valence-corrected chi connectivity index (χ2v) is 4.74. The largest absolute Gasteiger partial charge is 0.495 e. The van der Waals surface area contributed by atoms with Gasteiger partial charge in [-0.15, -0.1) is 0 Å². The molecule has 0 spiro atoms. The minimum absolute atomic E-state index is 0.0992. The number of allylic oxidation sites excluding steroid dienone is 2. The number of carbonyl (C=O) groups is 1. The van der Waals surface area contributed by atoms with E-state index in [0.29, 0.717) is 5.75 Å². The monoisotopic (exact) mass is 245 g/mol. The van der Waals surface area contributed by atoms with E-state index < -0.39 is 12.0 Å². The van der Waals surface area contributed by atoms with E-state index in [-0.39, 0.29) is 11.8 Å². The molecule has 2 N–H and O–H groups in total. The molecule has 0 unspecified atom stereocenters. The fraction of sp³-hybridized carbons (Fsp3) is 0.357. The number of anilines is 1. The predicted molar refractivity (Wildman–Crippen MR) is 68.0 cm³/mol. The van der Waals surface area contributed by atoms with Gasteiger partial charge in [0.15, 0.2) is 0 Å². The molecule has 0 aromatic heterocycles. The lowest BCUT2D eigenvalue weighted by Gasteiger charge is -2.35. The van der Waals surface area contributed by atoms with E-state index in [1.807, 2.05) is 18.2 Å². The zero-order valence-corrected chi connectivity index (χ0v) is 10.1. The maximum atomic E-state index is 11.4. The second-order valence-electron chi connectivity index (χ2n) is 4.74. The molecule has 4 heteroatoms. The number of fused-ring (bicyclic) bond motifs is 3. The van der Waals surface area contributed by atoms with Crippen molar-refractivity contribution in [3.63, 3.8) is 0 Å². The third kappa shape index (κ3) is 1.49. The number of carboxylic acids is 1. The second kappa shape index (κ2) is 4.05. The number of hydrogen-bond acceptors (Lipinski definition) is 3. The van der Waals surface area contributed by atoms with Gasteiger partial charge in [-0.3, -0.25) is 0 Å². The van der Waals surface area contributed by atoms with Crippen LogP contribution in [-0.4, -0.2) is 24.2 Å². The first-order valence-corrected chi connectivity index (χ1v) is 6.05. The molecule has 94 valence electrons. The van der Waals surface area contributed by atoms with Gasteiger partial charge < -0.3 is 15.2 Å². The normalized spacial score (nSPS) is 28.2. The van der Waals surface area contributed by atoms with E-state index in [0.717, 1.165) is 17.7 Å². The van der Waals surface area contributed by atoms with Gasteiger partial charge in [0.25, 0.3) is 0 Å². The molecule has 0 fully saturated rings. The van der Waals surface area contributed by atoms with Crippen LogP contribution < -0.4 is 10.1 Å². The molecule has 1 aliphatic carbocycles. The molecule has 1 aliphatic heterocycles. The van der Waals surface area contributed by atoms with Crippen LogP contribution in [0.25, 0.3) is 0 Å². The Morgan fingerprint density at radius 2 is 2.33 bits per heavy atom. The molecule has 3 rings (SSSR count). The van der Waals surface area contributed by atoms with Crippen LogP contribution in [0.4, 0.5) is 5.69 Å². The van der Waals surface area contributed by atoms with Crippen LogP contribution in [0, 0.1) is 5.92 Å². The summed E-state index contributed by atoms with van der Waals surface area (Å²) in [6.07, 6.45) is 4.99. The molecule has 0 saturated heterocycles. The summed E-state index contributed by atoms with van der Waals surface area (Å²) in [5, 5.41) is 12.5. The summed E-state index contributed by atoms with van der Waals surface area (Å²) in [5.74, 6) is 0.183. The van der Waals surface area contributed by atoms with Crippen molar-refractivity contribution in [3.8, 4) is 5.75 Å². The van der Waals surface area contributed by atoms with Crippen LogP contribution in [0.1, 0.15) is 17.9 Å². The van der Waals surface area contributed by atoms with E-state index in [1.165, 1.54) is 0 Å². The number of aliphatic carboxylic acids is 1. The lowest BCUT2D eigenvalue weighted by atomic mass is 9.79. The molecule has 3 atom stereocenters. The summed E-state index contributed by atoms with van der Waals surface area (Å²) in [4.78, 5) is 11.4. The van der Waals surface area contributed by atoms with Gasteiger partial charge in [-0.25, -0.2) is 4.79 Å². The van der Waals surface area contributed by atoms with Crippen LogP contribution in [0.2, 0.25) is 0 Å². The minimum Gasteiger partial charge on any atom is -0.495 e. The van der Waals surface area contributed by atoms with Gasteiger partial charge in [0, 0.05) is 11.8 Å². The summed E-state index contributed by atoms with van der Waals surface area (Å²) in [6.45, 7) is 0. The van der Waals surface area contributed by atoms with Gasteiger partial charge in [0.05, 0.1) is 12.8 Å². The Balaban J connectivity index is 2.11. The highest BCUT2D eigenvalue weighted by atomic mass is 16.5. The summed E-state index contributed by atoms with van der Waals surface area (Å²) in [7, 11) is 1.60. The highest BCUT2D eigenvalue weighted by molar-refractivity contribution is 5.82. The average Bonchev–Trinajstić information content (AvgIpc) is 2.86. The maximum absolute atomic E-state index is 11.4. The Kier molecular flexibility index (Phi) is 2.51. The molecule has 0 saturated carbocycles. The van der Waals surface area contributed by atoms with Gasteiger partial charge in [-0.2, -0.15) is 0 Å². The molecule has 4 nitrogen and oxygen atoms in total. The van der Waals surface area contributed by atoms with Crippen molar-refractivity contribution in [2.45, 2.75) is 18.4 Å². The Hall–Kier alpha value is -1.97. The SMILES string of the molecule is COc1cccc2c1N[C@H](C(=O)O)[C@H]1CC=C[C@H]21. The van der Waals surface area contributed by atoms with Gasteiger partial charge in [-0.1, -0.05) is 24.3 Å². The molecule has 0 radical (unpaired) electrons. The lowest BCUT2D eigenvalue weighted by Crippen LogP contribution is -2.41. The van der Waals surface area contributed by atoms with Crippen LogP contribution in [0.15, 0.2) is 30.4 Å². The first kappa shape index (κ1) is 11.1. The molecule has 0 bridgehead atoms. The average molecular weight is 245 g/mol. The lowest BCUT2D eigenvalue weighted by molar-refractivity contribution is -0.139. The number of rotatable bonds is 2. The van der Waals surface area contributed by atoms with Gasteiger partial charge >= 0.3 is 5.97 Å². The Morgan fingerprint density at radius 1 is 1.50 bits per heavy atom. The van der Waals surface area contributed by atoms with Crippen LogP contribution in [0.5, 0.6) is 5.75 Å². The van der Waals surface area contributed by atoms with Crippen molar-refractivity contribution in [3.05, 3.63) is 35.9 Å². The molecular weight excluding hydrogens is 230 g/mol. The molecular formula is C14H15NO3. The molecule has 18 heavy (non-hydrogen) atoms. The number of hydrogen-bond donors (Lipinski definition) is 2. The molecule has 1 heterocycles. The number of carboxylic acid groups (broad SMARTS) is 1. The number of para-hydroxylation sites is 1. The van der Waals surface area contributed by atoms with Crippen LogP contribution in [0.3, 0.4) is 0 Å². The van der Waals surface area contributed by atoms with Crippen molar-refractivity contribution >= 4 is 11.7 Å². The summed E-state index contributed by atoms with van der Waals surface area (Å²) in [6, 6.07) is 5.29. The maximum Gasteiger partial charge on any atom is 0.326 e. The Bertz CT molecular complexity index is 524. The van der Waals surface area contributed by atoms with Gasteiger partial charge in [0.2, 0.25) is 0 Å². The molecule has 1 aromatic rings. The summed E-state index contributed by atoms with van der Waals surface area (Å²) in [5.41, 5.74) is 1.95. The van der Waals surface area contributed by atoms with Crippen molar-refractivity contribution in [1.82, 2.24) is 0 Å². The fourth-order valence-electron chi connectivity index (χ4n) is 3.01. The minimum atomic E-state index is -0.801. The number of benzene rings is 1. The third-order valence-corrected chi connectivity index (χ3v) is 3.84. The number of ether oxygens (including phenoxy) is 1. The van der Waals surface area contributed by atoms with E-state index in [4.69, 9.17) is 4.74 Å². The van der Waals surface area contributed by atoms with E-state index in [9.17, 15) is 9.90 Å². The zero-order valence-electron chi connectivity index (χ0n) is 10.1. The van der Waals surface area contributed by atoms with Crippen LogP contribution >= 0.6 is 0 Å². The van der Waals surface area contributed by atoms with Gasteiger partial charge in [0.1, 0.15) is 11.8 Å². The van der Waals surface area contributed by atoms with E-state index >= 15 is 0 Å².